The number of rotatable bonds is 7. The summed E-state index contributed by atoms with van der Waals surface area (Å²) < 4.78 is 1.62. The Labute approximate surface area is 150 Å². The number of thioether (sulfide) groups is 1. The zero-order valence-electron chi connectivity index (χ0n) is 13.5. The van der Waals surface area contributed by atoms with Crippen molar-refractivity contribution in [3.8, 4) is 5.69 Å². The van der Waals surface area contributed by atoms with Crippen molar-refractivity contribution in [2.45, 2.75) is 5.16 Å². The minimum absolute atomic E-state index is 0.0290. The molecule has 0 fully saturated rings. The number of carbonyl (C=O) groups excluding carboxylic acids is 1. The molecule has 0 aliphatic rings. The summed E-state index contributed by atoms with van der Waals surface area (Å²) in [6, 6.07) is 19.1. The number of hydrogen-bond donors (Lipinski definition) is 0. The zero-order chi connectivity index (χ0) is 17.5. The third-order valence-corrected chi connectivity index (χ3v) is 4.35. The summed E-state index contributed by atoms with van der Waals surface area (Å²) >= 11 is 1.31. The predicted molar refractivity (Wildman–Crippen MR) is 98.9 cm³/mol. The van der Waals surface area contributed by atoms with Crippen LogP contribution in [0.4, 0.5) is 5.69 Å². The first-order valence-electron chi connectivity index (χ1n) is 7.72. The predicted octanol–water partition coefficient (Wildman–Crippen LogP) is 2.97. The Hall–Kier alpha value is -2.93. The van der Waals surface area contributed by atoms with Crippen LogP contribution in [0.5, 0.6) is 0 Å². The van der Waals surface area contributed by atoms with E-state index in [-0.39, 0.29) is 11.7 Å². The number of nitrogens with zero attached hydrogens (tertiary/aromatic N) is 5. The van der Waals surface area contributed by atoms with Crippen molar-refractivity contribution in [3.63, 3.8) is 0 Å². The van der Waals surface area contributed by atoms with E-state index in [4.69, 9.17) is 0 Å². The highest BCUT2D eigenvalue weighted by molar-refractivity contribution is 7.99. The molecule has 1 aromatic heterocycles. The van der Waals surface area contributed by atoms with Gasteiger partial charge in [-0.2, -0.15) is 4.68 Å². The van der Waals surface area contributed by atoms with Crippen molar-refractivity contribution in [1.29, 1.82) is 0 Å². The molecule has 25 heavy (non-hydrogen) atoms. The molecule has 3 aromatic rings. The van der Waals surface area contributed by atoms with Gasteiger partial charge in [-0.05, 0) is 34.7 Å². The van der Waals surface area contributed by atoms with Gasteiger partial charge < -0.3 is 4.90 Å². The Kier molecular flexibility index (Phi) is 5.58. The molecular weight excluding hydrogens is 334 g/mol. The van der Waals surface area contributed by atoms with Crippen LogP contribution in [0, 0.1) is 0 Å². The van der Waals surface area contributed by atoms with Gasteiger partial charge in [0.1, 0.15) is 0 Å². The van der Waals surface area contributed by atoms with E-state index >= 15 is 0 Å². The summed E-state index contributed by atoms with van der Waals surface area (Å²) in [4.78, 5) is 14.3. The maximum atomic E-state index is 12.7. The Morgan fingerprint density at radius 3 is 2.48 bits per heavy atom. The molecule has 6 nitrogen and oxygen atoms in total. The summed E-state index contributed by atoms with van der Waals surface area (Å²) in [5.74, 6) is 0.203. The highest BCUT2D eigenvalue weighted by Gasteiger charge is 2.17. The molecule has 0 atom stereocenters. The lowest BCUT2D eigenvalue weighted by Gasteiger charge is -2.20. The van der Waals surface area contributed by atoms with E-state index < -0.39 is 0 Å². The lowest BCUT2D eigenvalue weighted by Crippen LogP contribution is -2.32. The molecule has 2 aromatic carbocycles. The topological polar surface area (TPSA) is 63.9 Å². The Morgan fingerprint density at radius 2 is 1.80 bits per heavy atom. The normalized spacial score (nSPS) is 10.4. The van der Waals surface area contributed by atoms with Crippen LogP contribution < -0.4 is 4.90 Å². The summed E-state index contributed by atoms with van der Waals surface area (Å²) in [6.45, 7) is 4.19. The summed E-state index contributed by atoms with van der Waals surface area (Å²) in [5, 5.41) is 12.3. The molecule has 0 N–H and O–H groups in total. The molecule has 0 spiro atoms. The Morgan fingerprint density at radius 1 is 1.12 bits per heavy atom. The highest BCUT2D eigenvalue weighted by atomic mass is 32.2. The minimum Gasteiger partial charge on any atom is -0.308 e. The monoisotopic (exact) mass is 351 g/mol. The van der Waals surface area contributed by atoms with E-state index in [1.807, 2.05) is 60.7 Å². The SMILES string of the molecule is C=CCN(C(=O)CSc1nnnn1-c1ccccc1)c1ccccc1. The fourth-order valence-corrected chi connectivity index (χ4v) is 3.06. The molecule has 0 aliphatic heterocycles. The third kappa shape index (κ3) is 4.13. The number of hydrogen-bond acceptors (Lipinski definition) is 5. The number of anilines is 1. The molecule has 1 heterocycles. The van der Waals surface area contributed by atoms with Crippen molar-refractivity contribution < 1.29 is 4.79 Å². The molecular formula is C18H17N5OS. The van der Waals surface area contributed by atoms with Crippen LogP contribution in [0.3, 0.4) is 0 Å². The van der Waals surface area contributed by atoms with E-state index in [1.165, 1.54) is 11.8 Å². The minimum atomic E-state index is -0.0290. The molecule has 0 unspecified atom stereocenters. The van der Waals surface area contributed by atoms with E-state index in [0.717, 1.165) is 11.4 Å². The van der Waals surface area contributed by atoms with Crippen LogP contribution in [0.1, 0.15) is 0 Å². The molecule has 0 saturated heterocycles. The molecule has 7 heteroatoms. The Bertz CT molecular complexity index is 835. The van der Waals surface area contributed by atoms with E-state index in [9.17, 15) is 4.79 Å². The van der Waals surface area contributed by atoms with Crippen molar-refractivity contribution in [1.82, 2.24) is 20.2 Å². The van der Waals surface area contributed by atoms with Gasteiger partial charge in [0, 0.05) is 12.2 Å². The summed E-state index contributed by atoms with van der Waals surface area (Å²) in [7, 11) is 0. The van der Waals surface area contributed by atoms with Gasteiger partial charge >= 0.3 is 0 Å². The number of amides is 1. The fraction of sp³-hybridized carbons (Fsp3) is 0.111. The standard InChI is InChI=1S/C18H17N5OS/c1-2-13-22(15-9-5-3-6-10-15)17(24)14-25-18-19-20-21-23(18)16-11-7-4-8-12-16/h2-12H,1,13-14H2. The van der Waals surface area contributed by atoms with Crippen LogP contribution in [-0.4, -0.2) is 38.4 Å². The molecule has 126 valence electrons. The van der Waals surface area contributed by atoms with Crippen LogP contribution in [0.25, 0.3) is 5.69 Å². The summed E-state index contributed by atoms with van der Waals surface area (Å²) in [5.41, 5.74) is 1.70. The lowest BCUT2D eigenvalue weighted by atomic mass is 10.3. The quantitative estimate of drug-likeness (QED) is 0.484. The molecule has 0 radical (unpaired) electrons. The van der Waals surface area contributed by atoms with Crippen molar-refractivity contribution in [2.24, 2.45) is 0 Å². The molecule has 3 rings (SSSR count). The largest absolute Gasteiger partial charge is 0.308 e. The first-order chi connectivity index (χ1) is 12.3. The second kappa shape index (κ2) is 8.25. The summed E-state index contributed by atoms with van der Waals surface area (Å²) in [6.07, 6.45) is 1.71. The number of tetrazole rings is 1. The van der Waals surface area contributed by atoms with Crippen LogP contribution in [0.15, 0.2) is 78.5 Å². The van der Waals surface area contributed by atoms with Gasteiger partial charge in [0.2, 0.25) is 11.1 Å². The fourth-order valence-electron chi connectivity index (χ4n) is 2.29. The second-order valence-corrected chi connectivity index (χ2v) is 6.07. The van der Waals surface area contributed by atoms with Gasteiger partial charge in [-0.25, -0.2) is 0 Å². The second-order valence-electron chi connectivity index (χ2n) is 5.13. The number of carbonyl (C=O) groups is 1. The number of aromatic nitrogens is 4. The smallest absolute Gasteiger partial charge is 0.237 e. The van der Waals surface area contributed by atoms with E-state index in [2.05, 4.69) is 22.1 Å². The van der Waals surface area contributed by atoms with Gasteiger partial charge in [-0.15, -0.1) is 11.7 Å². The Balaban J connectivity index is 1.72. The molecule has 0 aliphatic carbocycles. The van der Waals surface area contributed by atoms with Crippen molar-refractivity contribution >= 4 is 23.4 Å². The first kappa shape index (κ1) is 16.9. The maximum Gasteiger partial charge on any atom is 0.237 e. The maximum absolute atomic E-state index is 12.7. The molecule has 1 amide bonds. The van der Waals surface area contributed by atoms with Gasteiger partial charge in [0.15, 0.2) is 0 Å². The third-order valence-electron chi connectivity index (χ3n) is 3.45. The first-order valence-corrected chi connectivity index (χ1v) is 8.71. The highest BCUT2D eigenvalue weighted by Crippen LogP contribution is 2.20. The van der Waals surface area contributed by atoms with Gasteiger partial charge in [-0.3, -0.25) is 4.79 Å². The van der Waals surface area contributed by atoms with Gasteiger partial charge in [0.25, 0.3) is 0 Å². The average Bonchev–Trinajstić information content (AvgIpc) is 3.14. The zero-order valence-corrected chi connectivity index (χ0v) is 14.3. The van der Waals surface area contributed by atoms with Crippen LogP contribution in [-0.2, 0) is 4.79 Å². The average molecular weight is 351 g/mol. The van der Waals surface area contributed by atoms with Gasteiger partial charge in [0.05, 0.1) is 11.4 Å². The van der Waals surface area contributed by atoms with E-state index in [1.54, 1.807) is 15.7 Å². The van der Waals surface area contributed by atoms with Crippen LogP contribution >= 0.6 is 11.8 Å². The van der Waals surface area contributed by atoms with Crippen molar-refractivity contribution in [2.75, 3.05) is 17.2 Å². The van der Waals surface area contributed by atoms with E-state index in [0.29, 0.717) is 11.7 Å². The molecule has 0 saturated carbocycles. The number of para-hydroxylation sites is 2. The van der Waals surface area contributed by atoms with Crippen LogP contribution in [0.2, 0.25) is 0 Å². The lowest BCUT2D eigenvalue weighted by molar-refractivity contribution is -0.116. The molecule has 0 bridgehead atoms. The van der Waals surface area contributed by atoms with Crippen molar-refractivity contribution in [3.05, 3.63) is 73.3 Å². The van der Waals surface area contributed by atoms with Gasteiger partial charge in [-0.1, -0.05) is 54.2 Å². The number of benzene rings is 2.